The first-order valence-corrected chi connectivity index (χ1v) is 9.56. The Morgan fingerprint density at radius 2 is 1.93 bits per heavy atom. The van der Waals surface area contributed by atoms with Crippen LogP contribution in [0.15, 0.2) is 42.5 Å². The van der Waals surface area contributed by atoms with E-state index in [0.29, 0.717) is 22.9 Å². The Hall–Kier alpha value is -3.04. The molecular weight excluding hydrogens is 354 g/mol. The maximum absolute atomic E-state index is 12.0. The lowest BCUT2D eigenvalue weighted by atomic mass is 10.00. The van der Waals surface area contributed by atoms with Gasteiger partial charge >= 0.3 is 5.97 Å². The van der Waals surface area contributed by atoms with Crippen molar-refractivity contribution in [3.63, 3.8) is 0 Å². The number of nitrogens with zero attached hydrogens (tertiary/aromatic N) is 1. The maximum Gasteiger partial charge on any atom is 0.330 e. The molecule has 1 saturated heterocycles. The van der Waals surface area contributed by atoms with E-state index in [-0.39, 0.29) is 0 Å². The van der Waals surface area contributed by atoms with E-state index >= 15 is 0 Å². The zero-order valence-electron chi connectivity index (χ0n) is 15.9. The number of carbonyl (C=O) groups is 1. The molecule has 1 aliphatic rings. The van der Waals surface area contributed by atoms with Crippen molar-refractivity contribution >= 4 is 17.3 Å². The molecular formula is C22H25N3O3. The van der Waals surface area contributed by atoms with Crippen LogP contribution in [0.25, 0.3) is 0 Å². The van der Waals surface area contributed by atoms with E-state index in [9.17, 15) is 9.90 Å². The van der Waals surface area contributed by atoms with E-state index in [1.807, 2.05) is 12.1 Å². The number of aliphatic carboxylic acids is 1. The SMILES string of the molecule is CCc1cc(NC2CCOCC2)cc(C(Nc2ccc(C#N)cc2)C(=O)O)c1. The number of aryl methyl sites for hydroxylation is 1. The van der Waals surface area contributed by atoms with Crippen molar-refractivity contribution in [3.05, 3.63) is 59.2 Å². The first-order valence-electron chi connectivity index (χ1n) is 9.56. The highest BCUT2D eigenvalue weighted by molar-refractivity contribution is 5.80. The van der Waals surface area contributed by atoms with Crippen LogP contribution >= 0.6 is 0 Å². The van der Waals surface area contributed by atoms with Gasteiger partial charge < -0.3 is 20.5 Å². The number of anilines is 2. The van der Waals surface area contributed by atoms with Gasteiger partial charge in [-0.25, -0.2) is 4.79 Å². The summed E-state index contributed by atoms with van der Waals surface area (Å²) in [5, 5.41) is 25.3. The first-order chi connectivity index (χ1) is 13.6. The molecule has 1 unspecified atom stereocenters. The molecule has 1 heterocycles. The van der Waals surface area contributed by atoms with Crippen LogP contribution in [0.1, 0.15) is 42.5 Å². The second-order valence-electron chi connectivity index (χ2n) is 6.95. The van der Waals surface area contributed by atoms with Gasteiger partial charge in [0.05, 0.1) is 11.6 Å². The Labute approximate surface area is 165 Å². The minimum atomic E-state index is -0.949. The average Bonchev–Trinajstić information content (AvgIpc) is 2.72. The lowest BCUT2D eigenvalue weighted by molar-refractivity contribution is -0.138. The largest absolute Gasteiger partial charge is 0.479 e. The third-order valence-electron chi connectivity index (χ3n) is 4.92. The molecule has 6 heteroatoms. The van der Waals surface area contributed by atoms with E-state index in [1.165, 1.54) is 0 Å². The standard InChI is InChI=1S/C22H25N3O3/c1-2-15-11-17(13-20(12-15)24-19-7-9-28-10-8-19)21(22(26)27)25-18-5-3-16(14-23)4-6-18/h3-6,11-13,19,21,24-25H,2,7-10H2,1H3,(H,26,27). The predicted molar refractivity (Wildman–Crippen MR) is 108 cm³/mol. The summed E-state index contributed by atoms with van der Waals surface area (Å²) in [6.07, 6.45) is 2.70. The summed E-state index contributed by atoms with van der Waals surface area (Å²) in [5.41, 5.74) is 3.92. The summed E-state index contributed by atoms with van der Waals surface area (Å²) in [6, 6.07) is 14.2. The second kappa shape index (κ2) is 9.25. The van der Waals surface area contributed by atoms with Crippen LogP contribution in [0.2, 0.25) is 0 Å². The van der Waals surface area contributed by atoms with Gasteiger partial charge in [0.15, 0.2) is 6.04 Å². The number of ether oxygens (including phenoxy) is 1. The molecule has 0 spiro atoms. The number of rotatable bonds is 7. The van der Waals surface area contributed by atoms with Gasteiger partial charge in [-0.3, -0.25) is 0 Å². The summed E-state index contributed by atoms with van der Waals surface area (Å²) >= 11 is 0. The number of hydrogen-bond donors (Lipinski definition) is 3. The van der Waals surface area contributed by atoms with E-state index in [0.717, 1.165) is 43.7 Å². The Balaban J connectivity index is 1.85. The molecule has 0 aromatic heterocycles. The minimum Gasteiger partial charge on any atom is -0.479 e. The molecule has 0 radical (unpaired) electrons. The maximum atomic E-state index is 12.0. The van der Waals surface area contributed by atoms with Gasteiger partial charge in [0, 0.05) is 30.6 Å². The van der Waals surface area contributed by atoms with Gasteiger partial charge in [0.25, 0.3) is 0 Å². The quantitative estimate of drug-likeness (QED) is 0.674. The highest BCUT2D eigenvalue weighted by atomic mass is 16.5. The number of benzene rings is 2. The van der Waals surface area contributed by atoms with Crippen LogP contribution in [-0.2, 0) is 16.0 Å². The fraction of sp³-hybridized carbons (Fsp3) is 0.364. The Kier molecular flexibility index (Phi) is 6.51. The summed E-state index contributed by atoms with van der Waals surface area (Å²) in [5.74, 6) is -0.949. The summed E-state index contributed by atoms with van der Waals surface area (Å²) in [6.45, 7) is 3.55. The van der Waals surface area contributed by atoms with Crippen LogP contribution in [0.3, 0.4) is 0 Å². The molecule has 28 heavy (non-hydrogen) atoms. The fourth-order valence-corrected chi connectivity index (χ4v) is 3.35. The first kappa shape index (κ1) is 19.7. The molecule has 2 aromatic carbocycles. The Bertz CT molecular complexity index is 852. The van der Waals surface area contributed by atoms with E-state index in [4.69, 9.17) is 10.00 Å². The zero-order chi connectivity index (χ0) is 19.9. The average molecular weight is 379 g/mol. The predicted octanol–water partition coefficient (Wildman–Crippen LogP) is 3.95. The lowest BCUT2D eigenvalue weighted by Crippen LogP contribution is -2.28. The molecule has 0 aliphatic carbocycles. The number of carboxylic acid groups (broad SMARTS) is 1. The third kappa shape index (κ3) is 5.02. The van der Waals surface area contributed by atoms with Crippen molar-refractivity contribution < 1.29 is 14.6 Å². The van der Waals surface area contributed by atoms with E-state index in [1.54, 1.807) is 24.3 Å². The van der Waals surface area contributed by atoms with E-state index < -0.39 is 12.0 Å². The molecule has 0 amide bonds. The number of hydrogen-bond acceptors (Lipinski definition) is 5. The zero-order valence-corrected chi connectivity index (χ0v) is 15.9. The van der Waals surface area contributed by atoms with Crippen LogP contribution in [0.5, 0.6) is 0 Å². The molecule has 0 saturated carbocycles. The van der Waals surface area contributed by atoms with Crippen molar-refractivity contribution in [1.29, 1.82) is 5.26 Å². The Morgan fingerprint density at radius 3 is 2.54 bits per heavy atom. The van der Waals surface area contributed by atoms with Crippen molar-refractivity contribution in [3.8, 4) is 6.07 Å². The molecule has 146 valence electrons. The fourth-order valence-electron chi connectivity index (χ4n) is 3.35. The number of carboxylic acids is 1. The van der Waals surface area contributed by atoms with Gasteiger partial charge in [-0.1, -0.05) is 13.0 Å². The normalized spacial score (nSPS) is 15.4. The monoisotopic (exact) mass is 379 g/mol. The minimum absolute atomic E-state index is 0.337. The van der Waals surface area contributed by atoms with Gasteiger partial charge in [-0.05, 0) is 66.8 Å². The molecule has 1 atom stereocenters. The van der Waals surface area contributed by atoms with Gasteiger partial charge in [-0.2, -0.15) is 5.26 Å². The number of nitriles is 1. The molecule has 1 aliphatic heterocycles. The highest BCUT2D eigenvalue weighted by Crippen LogP contribution is 2.26. The van der Waals surface area contributed by atoms with Gasteiger partial charge in [0.2, 0.25) is 0 Å². The van der Waals surface area contributed by atoms with Crippen molar-refractivity contribution in [2.24, 2.45) is 0 Å². The lowest BCUT2D eigenvalue weighted by Gasteiger charge is -2.25. The summed E-state index contributed by atoms with van der Waals surface area (Å²) < 4.78 is 5.41. The topological polar surface area (TPSA) is 94.4 Å². The second-order valence-corrected chi connectivity index (χ2v) is 6.95. The Morgan fingerprint density at radius 1 is 1.21 bits per heavy atom. The highest BCUT2D eigenvalue weighted by Gasteiger charge is 2.22. The molecule has 3 N–H and O–H groups in total. The van der Waals surface area contributed by atoms with Crippen LogP contribution in [0, 0.1) is 11.3 Å². The number of nitrogens with one attached hydrogen (secondary N) is 2. The molecule has 0 bridgehead atoms. The molecule has 1 fully saturated rings. The summed E-state index contributed by atoms with van der Waals surface area (Å²) in [7, 11) is 0. The van der Waals surface area contributed by atoms with Crippen LogP contribution in [0.4, 0.5) is 11.4 Å². The third-order valence-corrected chi connectivity index (χ3v) is 4.92. The smallest absolute Gasteiger partial charge is 0.330 e. The molecule has 2 aromatic rings. The molecule has 6 nitrogen and oxygen atoms in total. The van der Waals surface area contributed by atoms with Gasteiger partial charge in [0.1, 0.15) is 0 Å². The van der Waals surface area contributed by atoms with Crippen LogP contribution < -0.4 is 10.6 Å². The molecule has 3 rings (SSSR count). The van der Waals surface area contributed by atoms with Crippen molar-refractivity contribution in [2.75, 3.05) is 23.8 Å². The van der Waals surface area contributed by atoms with Crippen LogP contribution in [-0.4, -0.2) is 30.3 Å². The van der Waals surface area contributed by atoms with Crippen molar-refractivity contribution in [2.45, 2.75) is 38.3 Å². The van der Waals surface area contributed by atoms with Gasteiger partial charge in [-0.15, -0.1) is 0 Å². The van der Waals surface area contributed by atoms with E-state index in [2.05, 4.69) is 29.7 Å². The summed E-state index contributed by atoms with van der Waals surface area (Å²) in [4.78, 5) is 12.0. The van der Waals surface area contributed by atoms with Crippen molar-refractivity contribution in [1.82, 2.24) is 0 Å².